The average Bonchev–Trinajstić information content (AvgIpc) is 2.41. The van der Waals surface area contributed by atoms with Gasteiger partial charge in [-0.05, 0) is 42.4 Å². The predicted octanol–water partition coefficient (Wildman–Crippen LogP) is 3.67. The molecule has 0 bridgehead atoms. The van der Waals surface area contributed by atoms with E-state index in [4.69, 9.17) is 10.5 Å². The van der Waals surface area contributed by atoms with Crippen molar-refractivity contribution in [3.63, 3.8) is 0 Å². The highest BCUT2D eigenvalue weighted by atomic mass is 79.9. The maximum atomic E-state index is 5.93. The van der Waals surface area contributed by atoms with Crippen molar-refractivity contribution in [2.75, 3.05) is 19.9 Å². The van der Waals surface area contributed by atoms with Gasteiger partial charge in [0.25, 0.3) is 0 Å². The van der Waals surface area contributed by atoms with E-state index in [0.29, 0.717) is 5.69 Å². The van der Waals surface area contributed by atoms with Gasteiger partial charge in [0.15, 0.2) is 0 Å². The Morgan fingerprint density at radius 1 is 1.05 bits per heavy atom. The molecule has 0 saturated heterocycles. The van der Waals surface area contributed by atoms with Crippen molar-refractivity contribution in [1.82, 2.24) is 4.90 Å². The van der Waals surface area contributed by atoms with E-state index in [1.54, 1.807) is 7.11 Å². The maximum Gasteiger partial charge on any atom is 0.141 e. The van der Waals surface area contributed by atoms with Crippen LogP contribution in [0, 0.1) is 0 Å². The lowest BCUT2D eigenvalue weighted by Crippen LogP contribution is -2.17. The summed E-state index contributed by atoms with van der Waals surface area (Å²) in [5.41, 5.74) is 9.08. The zero-order chi connectivity index (χ0) is 14.5. The van der Waals surface area contributed by atoms with Crippen LogP contribution < -0.4 is 10.5 Å². The maximum absolute atomic E-state index is 5.93. The fourth-order valence-corrected chi connectivity index (χ4v) is 2.42. The summed E-state index contributed by atoms with van der Waals surface area (Å²) in [7, 11) is 3.73. The molecule has 0 aliphatic heterocycles. The first kappa shape index (κ1) is 14.9. The van der Waals surface area contributed by atoms with E-state index in [0.717, 1.165) is 23.3 Å². The Kier molecular flexibility index (Phi) is 5.04. The van der Waals surface area contributed by atoms with Crippen molar-refractivity contribution in [2.24, 2.45) is 0 Å². The van der Waals surface area contributed by atoms with E-state index in [9.17, 15) is 0 Å². The summed E-state index contributed by atoms with van der Waals surface area (Å²) in [5, 5.41) is 0. The molecule has 0 radical (unpaired) electrons. The third-order valence-corrected chi connectivity index (χ3v) is 3.64. The SMILES string of the molecule is COc1ccc(CN(C)Cc2ccc(Br)cc2)cc1N. The molecule has 0 fully saturated rings. The summed E-state index contributed by atoms with van der Waals surface area (Å²) < 4.78 is 6.27. The fraction of sp³-hybridized carbons (Fsp3) is 0.250. The van der Waals surface area contributed by atoms with Crippen molar-refractivity contribution in [2.45, 2.75) is 13.1 Å². The van der Waals surface area contributed by atoms with Crippen LogP contribution in [0.2, 0.25) is 0 Å². The molecular weight excluding hydrogens is 316 g/mol. The monoisotopic (exact) mass is 334 g/mol. The van der Waals surface area contributed by atoms with Gasteiger partial charge in [0.05, 0.1) is 12.8 Å². The number of methoxy groups -OCH3 is 1. The zero-order valence-corrected chi connectivity index (χ0v) is 13.4. The molecule has 2 aromatic carbocycles. The summed E-state index contributed by atoms with van der Waals surface area (Å²) in [4.78, 5) is 2.25. The number of halogens is 1. The van der Waals surface area contributed by atoms with Gasteiger partial charge in [0.1, 0.15) is 5.75 Å². The van der Waals surface area contributed by atoms with Crippen LogP contribution in [0.25, 0.3) is 0 Å². The first-order valence-corrected chi connectivity index (χ1v) is 7.23. The molecule has 0 unspecified atom stereocenters. The Labute approximate surface area is 128 Å². The van der Waals surface area contributed by atoms with Gasteiger partial charge >= 0.3 is 0 Å². The highest BCUT2D eigenvalue weighted by molar-refractivity contribution is 9.10. The van der Waals surface area contributed by atoms with Gasteiger partial charge in [0, 0.05) is 17.6 Å². The lowest BCUT2D eigenvalue weighted by atomic mass is 10.1. The molecule has 2 rings (SSSR count). The van der Waals surface area contributed by atoms with Crippen LogP contribution in [0.4, 0.5) is 5.69 Å². The number of hydrogen-bond acceptors (Lipinski definition) is 3. The van der Waals surface area contributed by atoms with E-state index in [-0.39, 0.29) is 0 Å². The van der Waals surface area contributed by atoms with Gasteiger partial charge in [-0.1, -0.05) is 34.1 Å². The highest BCUT2D eigenvalue weighted by Gasteiger charge is 2.05. The van der Waals surface area contributed by atoms with Gasteiger partial charge < -0.3 is 10.5 Å². The summed E-state index contributed by atoms with van der Waals surface area (Å²) in [6, 6.07) is 14.3. The van der Waals surface area contributed by atoms with E-state index in [1.165, 1.54) is 11.1 Å². The number of benzene rings is 2. The third-order valence-electron chi connectivity index (χ3n) is 3.11. The third kappa shape index (κ3) is 3.99. The second-order valence-electron chi connectivity index (χ2n) is 4.88. The summed E-state index contributed by atoms with van der Waals surface area (Å²) in [6.07, 6.45) is 0. The standard InChI is InChI=1S/C16H19BrN2O/c1-19(10-12-3-6-14(17)7-4-12)11-13-5-8-16(20-2)15(18)9-13/h3-9H,10-11,18H2,1-2H3. The van der Waals surface area contributed by atoms with Crippen molar-refractivity contribution in [3.8, 4) is 5.75 Å². The molecule has 0 amide bonds. The molecular formula is C16H19BrN2O. The van der Waals surface area contributed by atoms with E-state index in [1.807, 2.05) is 18.2 Å². The minimum Gasteiger partial charge on any atom is -0.495 e. The van der Waals surface area contributed by atoms with Crippen LogP contribution in [0.1, 0.15) is 11.1 Å². The molecule has 0 saturated carbocycles. The number of ether oxygens (including phenoxy) is 1. The lowest BCUT2D eigenvalue weighted by Gasteiger charge is -2.17. The number of anilines is 1. The van der Waals surface area contributed by atoms with Crippen molar-refractivity contribution in [1.29, 1.82) is 0 Å². The number of rotatable bonds is 5. The van der Waals surface area contributed by atoms with E-state index >= 15 is 0 Å². The quantitative estimate of drug-likeness (QED) is 0.848. The van der Waals surface area contributed by atoms with Crippen molar-refractivity contribution >= 4 is 21.6 Å². The van der Waals surface area contributed by atoms with Gasteiger partial charge in [-0.25, -0.2) is 0 Å². The number of nitrogen functional groups attached to an aromatic ring is 1. The molecule has 0 spiro atoms. The Bertz CT molecular complexity index is 569. The van der Waals surface area contributed by atoms with E-state index in [2.05, 4.69) is 52.1 Å². The van der Waals surface area contributed by atoms with Gasteiger partial charge in [-0.15, -0.1) is 0 Å². The fourth-order valence-electron chi connectivity index (χ4n) is 2.15. The number of nitrogens with two attached hydrogens (primary N) is 1. The highest BCUT2D eigenvalue weighted by Crippen LogP contribution is 2.22. The van der Waals surface area contributed by atoms with Gasteiger partial charge in [-0.2, -0.15) is 0 Å². The largest absolute Gasteiger partial charge is 0.495 e. The second-order valence-corrected chi connectivity index (χ2v) is 5.79. The number of hydrogen-bond donors (Lipinski definition) is 1. The number of nitrogens with zero attached hydrogens (tertiary/aromatic N) is 1. The molecule has 0 aliphatic rings. The Balaban J connectivity index is 1.99. The van der Waals surface area contributed by atoms with Crippen LogP contribution in [-0.4, -0.2) is 19.1 Å². The van der Waals surface area contributed by atoms with Crippen LogP contribution in [0.15, 0.2) is 46.9 Å². The molecule has 20 heavy (non-hydrogen) atoms. The molecule has 2 aromatic rings. The molecule has 2 N–H and O–H groups in total. The first-order valence-electron chi connectivity index (χ1n) is 6.44. The minimum absolute atomic E-state index is 0.682. The van der Waals surface area contributed by atoms with E-state index < -0.39 is 0 Å². The summed E-state index contributed by atoms with van der Waals surface area (Å²) >= 11 is 3.45. The van der Waals surface area contributed by atoms with Crippen molar-refractivity contribution < 1.29 is 4.74 Å². The molecule has 0 aliphatic carbocycles. The smallest absolute Gasteiger partial charge is 0.141 e. The normalized spacial score (nSPS) is 10.8. The molecule has 0 aromatic heterocycles. The molecule has 0 heterocycles. The molecule has 0 atom stereocenters. The van der Waals surface area contributed by atoms with Gasteiger partial charge in [0.2, 0.25) is 0 Å². The van der Waals surface area contributed by atoms with Gasteiger partial charge in [-0.3, -0.25) is 4.90 Å². The lowest BCUT2D eigenvalue weighted by molar-refractivity contribution is 0.319. The first-order chi connectivity index (χ1) is 9.58. The Morgan fingerprint density at radius 2 is 1.65 bits per heavy atom. The Morgan fingerprint density at radius 3 is 2.25 bits per heavy atom. The van der Waals surface area contributed by atoms with Crippen molar-refractivity contribution in [3.05, 3.63) is 58.1 Å². The average molecular weight is 335 g/mol. The molecule has 4 heteroatoms. The van der Waals surface area contributed by atoms with Crippen LogP contribution in [-0.2, 0) is 13.1 Å². The van der Waals surface area contributed by atoms with Crippen LogP contribution >= 0.6 is 15.9 Å². The minimum atomic E-state index is 0.682. The van der Waals surface area contributed by atoms with Crippen LogP contribution in [0.5, 0.6) is 5.75 Å². The molecule has 106 valence electrons. The summed E-state index contributed by atoms with van der Waals surface area (Å²) in [5.74, 6) is 0.726. The summed E-state index contributed by atoms with van der Waals surface area (Å²) in [6.45, 7) is 1.75. The Hall–Kier alpha value is -1.52. The van der Waals surface area contributed by atoms with Crippen LogP contribution in [0.3, 0.4) is 0 Å². The topological polar surface area (TPSA) is 38.5 Å². The predicted molar refractivity (Wildman–Crippen MR) is 86.7 cm³/mol. The second kappa shape index (κ2) is 6.77. The molecule has 3 nitrogen and oxygen atoms in total. The zero-order valence-electron chi connectivity index (χ0n) is 11.8.